The van der Waals surface area contributed by atoms with Gasteiger partial charge >= 0.3 is 0 Å². The average Bonchev–Trinajstić information content (AvgIpc) is 3.18. The average molecular weight is 323 g/mol. The summed E-state index contributed by atoms with van der Waals surface area (Å²) in [6.07, 6.45) is 2.13. The van der Waals surface area contributed by atoms with E-state index in [-0.39, 0.29) is 26.7 Å². The molecule has 1 fully saturated rings. The number of hydrogen-bond acceptors (Lipinski definition) is 3. The molecule has 1 unspecified atom stereocenters. The van der Waals surface area contributed by atoms with Crippen molar-refractivity contribution in [1.82, 2.24) is 4.31 Å². The van der Waals surface area contributed by atoms with Gasteiger partial charge in [-0.1, -0.05) is 23.2 Å². The number of halogens is 2. The van der Waals surface area contributed by atoms with Crippen LogP contribution < -0.4 is 5.73 Å². The third kappa shape index (κ3) is 2.70. The molecule has 0 bridgehead atoms. The maximum absolute atomic E-state index is 12.5. The molecule has 0 aromatic heterocycles. The number of rotatable bonds is 4. The number of nitrogen functional groups attached to an aromatic ring is 1. The van der Waals surface area contributed by atoms with Crippen LogP contribution in [0, 0.1) is 5.92 Å². The van der Waals surface area contributed by atoms with Crippen LogP contribution in [0.4, 0.5) is 5.69 Å². The molecule has 0 radical (unpaired) electrons. The Morgan fingerprint density at radius 2 is 1.95 bits per heavy atom. The van der Waals surface area contributed by atoms with Gasteiger partial charge in [-0.25, -0.2) is 8.42 Å². The Morgan fingerprint density at radius 1 is 1.37 bits per heavy atom. The summed E-state index contributed by atoms with van der Waals surface area (Å²) >= 11 is 11.8. The number of nitrogens with two attached hydrogens (primary N) is 1. The molecule has 1 aromatic carbocycles. The molecule has 19 heavy (non-hydrogen) atoms. The molecule has 0 aliphatic heterocycles. The SMILES string of the molecule is CC(C1CC1)N(C)S(=O)(=O)c1ccc(Cl)c(N)c1Cl. The fourth-order valence-corrected chi connectivity index (χ4v) is 4.16. The summed E-state index contributed by atoms with van der Waals surface area (Å²) in [5.41, 5.74) is 5.78. The zero-order chi connectivity index (χ0) is 14.4. The second kappa shape index (κ2) is 5.13. The molecule has 0 saturated heterocycles. The van der Waals surface area contributed by atoms with Gasteiger partial charge in [0.25, 0.3) is 0 Å². The lowest BCUT2D eigenvalue weighted by molar-refractivity contribution is 0.357. The second-order valence-corrected chi connectivity index (χ2v) is 7.62. The number of sulfonamides is 1. The zero-order valence-corrected chi connectivity index (χ0v) is 13.1. The highest BCUT2D eigenvalue weighted by molar-refractivity contribution is 7.89. The molecule has 1 aromatic rings. The first-order valence-corrected chi connectivity index (χ1v) is 8.18. The second-order valence-electron chi connectivity index (χ2n) is 4.87. The molecule has 4 nitrogen and oxygen atoms in total. The third-order valence-corrected chi connectivity index (χ3v) is 6.46. The van der Waals surface area contributed by atoms with E-state index in [1.54, 1.807) is 7.05 Å². The molecule has 106 valence electrons. The molecule has 1 atom stereocenters. The summed E-state index contributed by atoms with van der Waals surface area (Å²) in [6, 6.07) is 2.80. The summed E-state index contributed by atoms with van der Waals surface area (Å²) < 4.78 is 26.4. The van der Waals surface area contributed by atoms with Gasteiger partial charge in [0.15, 0.2) is 0 Å². The minimum atomic E-state index is -3.65. The predicted octanol–water partition coefficient (Wildman–Crippen LogP) is 2.99. The lowest BCUT2D eigenvalue weighted by atomic mass is 10.2. The molecule has 7 heteroatoms. The number of anilines is 1. The van der Waals surface area contributed by atoms with Crippen LogP contribution in [0.3, 0.4) is 0 Å². The molecule has 0 heterocycles. The Balaban J connectivity index is 2.41. The standard InChI is InChI=1S/C12H16Cl2N2O2S/c1-7(8-3-4-8)16(2)19(17,18)10-6-5-9(13)12(15)11(10)14/h5-8H,3-4,15H2,1-2H3. The number of hydrogen-bond donors (Lipinski definition) is 1. The van der Waals surface area contributed by atoms with E-state index >= 15 is 0 Å². The fourth-order valence-electron chi connectivity index (χ4n) is 2.00. The van der Waals surface area contributed by atoms with Crippen LogP contribution in [-0.4, -0.2) is 25.8 Å². The quantitative estimate of drug-likeness (QED) is 0.867. The first kappa shape index (κ1) is 14.9. The van der Waals surface area contributed by atoms with Crippen LogP contribution >= 0.6 is 23.2 Å². The van der Waals surface area contributed by atoms with Gasteiger partial charge in [-0.3, -0.25) is 0 Å². The summed E-state index contributed by atoms with van der Waals surface area (Å²) in [5, 5.41) is 0.240. The predicted molar refractivity (Wildman–Crippen MR) is 78.0 cm³/mol. The van der Waals surface area contributed by atoms with Crippen LogP contribution in [0.15, 0.2) is 17.0 Å². The Hall–Kier alpha value is -0.490. The van der Waals surface area contributed by atoms with Crippen molar-refractivity contribution in [2.75, 3.05) is 12.8 Å². The highest BCUT2D eigenvalue weighted by Crippen LogP contribution is 2.39. The maximum atomic E-state index is 12.5. The van der Waals surface area contributed by atoms with E-state index in [4.69, 9.17) is 28.9 Å². The smallest absolute Gasteiger partial charge is 0.244 e. The van der Waals surface area contributed by atoms with Crippen LogP contribution in [-0.2, 0) is 10.0 Å². The van der Waals surface area contributed by atoms with Gasteiger partial charge < -0.3 is 5.73 Å². The monoisotopic (exact) mass is 322 g/mol. The highest BCUT2D eigenvalue weighted by atomic mass is 35.5. The lowest BCUT2D eigenvalue weighted by Gasteiger charge is -2.25. The van der Waals surface area contributed by atoms with Crippen molar-refractivity contribution in [1.29, 1.82) is 0 Å². The lowest BCUT2D eigenvalue weighted by Crippen LogP contribution is -2.36. The molecule has 1 aliphatic carbocycles. The Labute approximate surface area is 123 Å². The molecule has 0 amide bonds. The van der Waals surface area contributed by atoms with E-state index in [1.165, 1.54) is 16.4 Å². The largest absolute Gasteiger partial charge is 0.396 e. The van der Waals surface area contributed by atoms with Gasteiger partial charge in [0.1, 0.15) is 4.90 Å². The van der Waals surface area contributed by atoms with E-state index in [9.17, 15) is 8.42 Å². The van der Waals surface area contributed by atoms with Crippen molar-refractivity contribution < 1.29 is 8.42 Å². The number of benzene rings is 1. The molecule has 1 aliphatic rings. The van der Waals surface area contributed by atoms with E-state index in [2.05, 4.69) is 0 Å². The van der Waals surface area contributed by atoms with Gasteiger partial charge in [-0.2, -0.15) is 4.31 Å². The van der Waals surface area contributed by atoms with Crippen LogP contribution in [0.2, 0.25) is 10.0 Å². The summed E-state index contributed by atoms with van der Waals surface area (Å²) in [6.45, 7) is 1.91. The van der Waals surface area contributed by atoms with E-state index in [0.29, 0.717) is 5.92 Å². The van der Waals surface area contributed by atoms with Gasteiger partial charge in [0.05, 0.1) is 15.7 Å². The molecular formula is C12H16Cl2N2O2S. The molecule has 2 N–H and O–H groups in total. The van der Waals surface area contributed by atoms with Crippen LogP contribution in [0.5, 0.6) is 0 Å². The van der Waals surface area contributed by atoms with Crippen molar-refractivity contribution in [3.63, 3.8) is 0 Å². The number of nitrogens with zero attached hydrogens (tertiary/aromatic N) is 1. The van der Waals surface area contributed by atoms with Gasteiger partial charge in [0, 0.05) is 13.1 Å². The molecule has 1 saturated carbocycles. The van der Waals surface area contributed by atoms with Gasteiger partial charge in [0.2, 0.25) is 10.0 Å². The Morgan fingerprint density at radius 3 is 2.47 bits per heavy atom. The Kier molecular flexibility index (Phi) is 4.02. The molecular weight excluding hydrogens is 307 g/mol. The summed E-state index contributed by atoms with van der Waals surface area (Å²) in [4.78, 5) is 0.00562. The third-order valence-electron chi connectivity index (χ3n) is 3.63. The zero-order valence-electron chi connectivity index (χ0n) is 10.7. The van der Waals surface area contributed by atoms with E-state index in [0.717, 1.165) is 12.8 Å². The normalized spacial score (nSPS) is 17.7. The first-order chi connectivity index (χ1) is 8.76. The van der Waals surface area contributed by atoms with Crippen molar-refractivity contribution in [2.45, 2.75) is 30.7 Å². The van der Waals surface area contributed by atoms with Crippen LogP contribution in [0.1, 0.15) is 19.8 Å². The first-order valence-electron chi connectivity index (χ1n) is 5.98. The van der Waals surface area contributed by atoms with Crippen molar-refractivity contribution in [3.8, 4) is 0 Å². The van der Waals surface area contributed by atoms with Gasteiger partial charge in [-0.15, -0.1) is 0 Å². The van der Waals surface area contributed by atoms with Gasteiger partial charge in [-0.05, 0) is 37.8 Å². The van der Waals surface area contributed by atoms with Crippen molar-refractivity contribution in [2.24, 2.45) is 5.92 Å². The topological polar surface area (TPSA) is 63.4 Å². The highest BCUT2D eigenvalue weighted by Gasteiger charge is 2.37. The molecule has 2 rings (SSSR count). The van der Waals surface area contributed by atoms with Crippen molar-refractivity contribution in [3.05, 3.63) is 22.2 Å². The molecule has 0 spiro atoms. The Bertz CT molecular complexity index is 600. The van der Waals surface area contributed by atoms with Crippen molar-refractivity contribution >= 4 is 38.9 Å². The minimum Gasteiger partial charge on any atom is -0.396 e. The van der Waals surface area contributed by atoms with E-state index in [1.807, 2.05) is 6.92 Å². The summed E-state index contributed by atoms with van der Waals surface area (Å²) in [5.74, 6) is 0.434. The maximum Gasteiger partial charge on any atom is 0.244 e. The fraction of sp³-hybridized carbons (Fsp3) is 0.500. The van der Waals surface area contributed by atoms with Crippen LogP contribution in [0.25, 0.3) is 0 Å². The minimum absolute atomic E-state index is 0.00562. The van der Waals surface area contributed by atoms with E-state index < -0.39 is 10.0 Å². The summed E-state index contributed by atoms with van der Waals surface area (Å²) in [7, 11) is -2.08.